The maximum absolute atomic E-state index is 5.81. The smallest absolute Gasteiger partial charge is 0.119 e. The van der Waals surface area contributed by atoms with Crippen molar-refractivity contribution in [3.8, 4) is 17.0 Å². The first kappa shape index (κ1) is 13.1. The Morgan fingerprint density at radius 2 is 1.77 bits per heavy atom. The summed E-state index contributed by atoms with van der Waals surface area (Å²) in [4.78, 5) is 0. The molecule has 0 atom stereocenters. The third kappa shape index (κ3) is 2.89. The molecule has 3 heteroatoms. The summed E-state index contributed by atoms with van der Waals surface area (Å²) in [5.41, 5.74) is 4.57. The van der Waals surface area contributed by atoms with Crippen molar-refractivity contribution in [2.24, 2.45) is 0 Å². The molecule has 1 N–H and O–H groups in total. The van der Waals surface area contributed by atoms with Crippen LogP contribution in [0.4, 0.5) is 0 Å². The van der Waals surface area contributed by atoms with E-state index in [-0.39, 0.29) is 0 Å². The van der Waals surface area contributed by atoms with E-state index in [1.54, 1.807) is 0 Å². The van der Waals surface area contributed by atoms with Crippen molar-refractivity contribution in [2.75, 3.05) is 0 Å². The summed E-state index contributed by atoms with van der Waals surface area (Å²) < 4.78 is 5.81. The number of H-pyrrole nitrogens is 1. The molecular formula is C19H18N2O. The van der Waals surface area contributed by atoms with Gasteiger partial charge in [-0.25, -0.2) is 0 Å². The lowest BCUT2D eigenvalue weighted by Crippen LogP contribution is -1.94. The summed E-state index contributed by atoms with van der Waals surface area (Å²) in [6.07, 6.45) is 2.57. The quantitative estimate of drug-likeness (QED) is 0.749. The first-order chi connectivity index (χ1) is 10.9. The third-order valence-electron chi connectivity index (χ3n) is 4.01. The monoisotopic (exact) mass is 290 g/mol. The molecule has 1 aromatic heterocycles. The number of hydrogen-bond donors (Lipinski definition) is 1. The van der Waals surface area contributed by atoms with Crippen LogP contribution in [0, 0.1) is 0 Å². The molecule has 4 rings (SSSR count). The zero-order valence-corrected chi connectivity index (χ0v) is 12.3. The first-order valence-electron chi connectivity index (χ1n) is 7.71. The van der Waals surface area contributed by atoms with Crippen molar-refractivity contribution < 1.29 is 4.74 Å². The van der Waals surface area contributed by atoms with E-state index in [4.69, 9.17) is 4.74 Å². The highest BCUT2D eigenvalue weighted by Crippen LogP contribution is 2.40. The number of nitrogens with one attached hydrogen (secondary N) is 1. The molecule has 0 spiro atoms. The van der Waals surface area contributed by atoms with Crippen molar-refractivity contribution >= 4 is 0 Å². The van der Waals surface area contributed by atoms with Gasteiger partial charge in [-0.3, -0.25) is 5.10 Å². The van der Waals surface area contributed by atoms with E-state index in [0.717, 1.165) is 17.0 Å². The number of nitrogens with zero attached hydrogens (tertiary/aromatic N) is 1. The summed E-state index contributed by atoms with van der Waals surface area (Å²) in [5, 5.41) is 7.55. The maximum Gasteiger partial charge on any atom is 0.119 e. The Morgan fingerprint density at radius 3 is 2.50 bits per heavy atom. The minimum absolute atomic E-state index is 0.592. The second kappa shape index (κ2) is 5.68. The van der Waals surface area contributed by atoms with E-state index in [1.165, 1.54) is 24.1 Å². The lowest BCUT2D eigenvalue weighted by atomic mass is 10.1. The fraction of sp³-hybridized carbons (Fsp3) is 0.211. The summed E-state index contributed by atoms with van der Waals surface area (Å²) in [5.74, 6) is 1.58. The van der Waals surface area contributed by atoms with E-state index in [2.05, 4.69) is 40.5 Å². The Kier molecular flexibility index (Phi) is 3.39. The molecule has 0 amide bonds. The molecule has 1 saturated carbocycles. The molecule has 1 aliphatic rings. The van der Waals surface area contributed by atoms with Crippen LogP contribution in [-0.4, -0.2) is 10.2 Å². The fourth-order valence-electron chi connectivity index (χ4n) is 2.55. The molecule has 2 aromatic carbocycles. The van der Waals surface area contributed by atoms with E-state index in [1.807, 2.05) is 30.3 Å². The molecule has 0 radical (unpaired) electrons. The number of aromatic amines is 1. The van der Waals surface area contributed by atoms with Crippen molar-refractivity contribution in [1.29, 1.82) is 0 Å². The molecular weight excluding hydrogens is 272 g/mol. The molecule has 1 heterocycles. The SMILES string of the molecule is c1ccc(COc2ccc(-c3cc(C4CC4)[nH]n3)cc2)cc1. The highest BCUT2D eigenvalue weighted by atomic mass is 16.5. The van der Waals surface area contributed by atoms with Gasteiger partial charge in [-0.15, -0.1) is 0 Å². The second-order valence-electron chi connectivity index (χ2n) is 5.78. The molecule has 0 aliphatic heterocycles. The van der Waals surface area contributed by atoms with Gasteiger partial charge in [0.1, 0.15) is 12.4 Å². The molecule has 110 valence electrons. The second-order valence-corrected chi connectivity index (χ2v) is 5.78. The van der Waals surface area contributed by atoms with Gasteiger partial charge in [-0.1, -0.05) is 30.3 Å². The van der Waals surface area contributed by atoms with Gasteiger partial charge >= 0.3 is 0 Å². The van der Waals surface area contributed by atoms with Gasteiger partial charge in [0.2, 0.25) is 0 Å². The average molecular weight is 290 g/mol. The number of ether oxygens (including phenoxy) is 1. The summed E-state index contributed by atoms with van der Waals surface area (Å²) in [7, 11) is 0. The van der Waals surface area contributed by atoms with E-state index in [9.17, 15) is 0 Å². The van der Waals surface area contributed by atoms with Crippen LogP contribution in [-0.2, 0) is 6.61 Å². The van der Waals surface area contributed by atoms with Crippen molar-refractivity contribution in [3.63, 3.8) is 0 Å². The Morgan fingerprint density at radius 1 is 1.00 bits per heavy atom. The Bertz CT molecular complexity index is 743. The van der Waals surface area contributed by atoms with Gasteiger partial charge in [-0.2, -0.15) is 5.10 Å². The lowest BCUT2D eigenvalue weighted by molar-refractivity contribution is 0.306. The van der Waals surface area contributed by atoms with Gasteiger partial charge in [0.15, 0.2) is 0 Å². The van der Waals surface area contributed by atoms with Crippen LogP contribution in [0.25, 0.3) is 11.3 Å². The predicted octanol–water partition coefficient (Wildman–Crippen LogP) is 4.53. The number of benzene rings is 2. The number of hydrogen-bond acceptors (Lipinski definition) is 2. The van der Waals surface area contributed by atoms with Gasteiger partial charge in [0.05, 0.1) is 5.69 Å². The highest BCUT2D eigenvalue weighted by molar-refractivity contribution is 5.60. The fourth-order valence-corrected chi connectivity index (χ4v) is 2.55. The third-order valence-corrected chi connectivity index (χ3v) is 4.01. The van der Waals surface area contributed by atoms with E-state index >= 15 is 0 Å². The van der Waals surface area contributed by atoms with Gasteiger partial charge in [-0.05, 0) is 48.7 Å². The van der Waals surface area contributed by atoms with Crippen LogP contribution in [0.15, 0.2) is 60.7 Å². The summed E-state index contributed by atoms with van der Waals surface area (Å²) >= 11 is 0. The van der Waals surface area contributed by atoms with E-state index < -0.39 is 0 Å². The standard InChI is InChI=1S/C19H18N2O/c1-2-4-14(5-3-1)13-22-17-10-8-16(9-11-17)19-12-18(20-21-19)15-6-7-15/h1-5,8-12,15H,6-7,13H2,(H,20,21). The molecule has 1 fully saturated rings. The number of aromatic nitrogens is 2. The molecule has 22 heavy (non-hydrogen) atoms. The first-order valence-corrected chi connectivity index (χ1v) is 7.71. The van der Waals surface area contributed by atoms with Crippen molar-refractivity contribution in [2.45, 2.75) is 25.4 Å². The molecule has 3 aromatic rings. The number of rotatable bonds is 5. The predicted molar refractivity (Wildman–Crippen MR) is 86.8 cm³/mol. The zero-order chi connectivity index (χ0) is 14.8. The van der Waals surface area contributed by atoms with Crippen LogP contribution < -0.4 is 4.74 Å². The maximum atomic E-state index is 5.81. The van der Waals surface area contributed by atoms with Crippen molar-refractivity contribution in [3.05, 3.63) is 71.9 Å². The average Bonchev–Trinajstić information content (AvgIpc) is 3.32. The molecule has 3 nitrogen and oxygen atoms in total. The minimum atomic E-state index is 0.592. The minimum Gasteiger partial charge on any atom is -0.489 e. The van der Waals surface area contributed by atoms with Crippen molar-refractivity contribution in [1.82, 2.24) is 10.2 Å². The summed E-state index contributed by atoms with van der Waals surface area (Å²) in [6.45, 7) is 0.592. The Balaban J connectivity index is 1.43. The topological polar surface area (TPSA) is 37.9 Å². The van der Waals surface area contributed by atoms with Crippen LogP contribution in [0.3, 0.4) is 0 Å². The van der Waals surface area contributed by atoms with Gasteiger partial charge in [0.25, 0.3) is 0 Å². The lowest BCUT2D eigenvalue weighted by Gasteiger charge is -2.06. The van der Waals surface area contributed by atoms with Gasteiger partial charge < -0.3 is 4.74 Å². The summed E-state index contributed by atoms with van der Waals surface area (Å²) in [6, 6.07) is 20.5. The van der Waals surface area contributed by atoms with Crippen LogP contribution in [0.2, 0.25) is 0 Å². The Labute approximate surface area is 130 Å². The van der Waals surface area contributed by atoms with Crippen LogP contribution >= 0.6 is 0 Å². The molecule has 0 bridgehead atoms. The molecule has 1 aliphatic carbocycles. The van der Waals surface area contributed by atoms with Crippen LogP contribution in [0.5, 0.6) is 5.75 Å². The highest BCUT2D eigenvalue weighted by Gasteiger charge is 2.25. The van der Waals surface area contributed by atoms with Crippen LogP contribution in [0.1, 0.15) is 30.0 Å². The molecule has 0 saturated heterocycles. The largest absolute Gasteiger partial charge is 0.489 e. The zero-order valence-electron chi connectivity index (χ0n) is 12.3. The molecule has 0 unspecified atom stereocenters. The van der Waals surface area contributed by atoms with E-state index in [0.29, 0.717) is 12.5 Å². The normalized spacial score (nSPS) is 14.0. The van der Waals surface area contributed by atoms with Gasteiger partial charge in [0, 0.05) is 17.2 Å². The Hall–Kier alpha value is -2.55.